The largest absolute Gasteiger partial charge is 0.463 e. The first-order valence-corrected chi connectivity index (χ1v) is 8.91. The van der Waals surface area contributed by atoms with Crippen LogP contribution < -0.4 is 10.6 Å². The minimum Gasteiger partial charge on any atom is -0.463 e. The van der Waals surface area contributed by atoms with E-state index < -0.39 is 24.0 Å². The highest BCUT2D eigenvalue weighted by Gasteiger charge is 2.32. The standard InChI is InChI=1S/C18H25N3O6/c1-6-11-14(17(23)25-7-2)12(20-18(24)19-11)8-26-16(22)13-10(5)21-27-15(13)9(3)4/h9,11H,6-8H2,1-5H3,(H2,19,20,24)/t11-/m1/s1. The number of hydrogen-bond donors (Lipinski definition) is 2. The van der Waals surface area contributed by atoms with E-state index in [-0.39, 0.29) is 36.0 Å². The lowest BCUT2D eigenvalue weighted by Gasteiger charge is -2.28. The van der Waals surface area contributed by atoms with Crippen molar-refractivity contribution in [2.24, 2.45) is 0 Å². The summed E-state index contributed by atoms with van der Waals surface area (Å²) < 4.78 is 15.6. The Balaban J connectivity index is 2.27. The third kappa shape index (κ3) is 4.47. The van der Waals surface area contributed by atoms with Crippen LogP contribution in [0.1, 0.15) is 61.8 Å². The van der Waals surface area contributed by atoms with Crippen molar-refractivity contribution in [3.8, 4) is 0 Å². The summed E-state index contributed by atoms with van der Waals surface area (Å²) in [7, 11) is 0. The summed E-state index contributed by atoms with van der Waals surface area (Å²) in [6, 6.07) is -0.986. The first-order chi connectivity index (χ1) is 12.8. The normalized spacial score (nSPS) is 16.8. The zero-order chi connectivity index (χ0) is 20.1. The number of aryl methyl sites for hydroxylation is 1. The van der Waals surface area contributed by atoms with Crippen molar-refractivity contribution in [1.82, 2.24) is 15.8 Å². The van der Waals surface area contributed by atoms with Crippen molar-refractivity contribution in [3.63, 3.8) is 0 Å². The lowest BCUT2D eigenvalue weighted by atomic mass is 10.0. The summed E-state index contributed by atoms with van der Waals surface area (Å²) in [5.41, 5.74) is 1.13. The zero-order valence-electron chi connectivity index (χ0n) is 16.2. The fraction of sp³-hybridized carbons (Fsp3) is 0.556. The average Bonchev–Trinajstić information content (AvgIpc) is 3.01. The molecular formula is C18H25N3O6. The van der Waals surface area contributed by atoms with Gasteiger partial charge >= 0.3 is 18.0 Å². The monoisotopic (exact) mass is 379 g/mol. The number of amides is 2. The van der Waals surface area contributed by atoms with E-state index in [4.69, 9.17) is 14.0 Å². The molecule has 1 aromatic heterocycles. The number of rotatable bonds is 7. The van der Waals surface area contributed by atoms with E-state index in [0.29, 0.717) is 17.9 Å². The van der Waals surface area contributed by atoms with E-state index in [9.17, 15) is 14.4 Å². The van der Waals surface area contributed by atoms with E-state index >= 15 is 0 Å². The summed E-state index contributed by atoms with van der Waals surface area (Å²) in [4.78, 5) is 36.7. The molecule has 27 heavy (non-hydrogen) atoms. The number of esters is 2. The summed E-state index contributed by atoms with van der Waals surface area (Å²) in [6.45, 7) is 8.82. The number of urea groups is 1. The van der Waals surface area contributed by atoms with Crippen LogP contribution in [-0.4, -0.2) is 42.4 Å². The minimum atomic E-state index is -0.631. The Morgan fingerprint density at radius 3 is 2.52 bits per heavy atom. The predicted octanol–water partition coefficient (Wildman–Crippen LogP) is 2.17. The van der Waals surface area contributed by atoms with Crippen molar-refractivity contribution in [3.05, 3.63) is 28.3 Å². The highest BCUT2D eigenvalue weighted by Crippen LogP contribution is 2.24. The molecule has 148 valence electrons. The van der Waals surface area contributed by atoms with Crippen LogP contribution in [0.2, 0.25) is 0 Å². The molecule has 9 heteroatoms. The Morgan fingerprint density at radius 1 is 1.22 bits per heavy atom. The molecule has 0 bridgehead atoms. The first-order valence-electron chi connectivity index (χ1n) is 8.91. The smallest absolute Gasteiger partial charge is 0.344 e. The summed E-state index contributed by atoms with van der Waals surface area (Å²) in [5.74, 6) is -0.815. The molecule has 0 aliphatic carbocycles. The van der Waals surface area contributed by atoms with Gasteiger partial charge in [0.15, 0.2) is 5.76 Å². The third-order valence-corrected chi connectivity index (χ3v) is 4.11. The van der Waals surface area contributed by atoms with Crippen LogP contribution in [0.4, 0.5) is 4.79 Å². The molecule has 0 aromatic carbocycles. The number of carbonyl (C=O) groups is 3. The van der Waals surface area contributed by atoms with Crippen LogP contribution in [0.5, 0.6) is 0 Å². The zero-order valence-corrected chi connectivity index (χ0v) is 16.2. The predicted molar refractivity (Wildman–Crippen MR) is 95.0 cm³/mol. The van der Waals surface area contributed by atoms with Gasteiger partial charge in [-0.2, -0.15) is 0 Å². The molecule has 1 aliphatic rings. The Kier molecular flexibility index (Phi) is 6.59. The van der Waals surface area contributed by atoms with E-state index in [1.807, 2.05) is 20.8 Å². The van der Waals surface area contributed by atoms with Crippen LogP contribution in [0.3, 0.4) is 0 Å². The quantitative estimate of drug-likeness (QED) is 0.697. The third-order valence-electron chi connectivity index (χ3n) is 4.11. The molecule has 2 N–H and O–H groups in total. The number of nitrogens with zero attached hydrogens (tertiary/aromatic N) is 1. The maximum Gasteiger partial charge on any atom is 0.344 e. The number of nitrogens with one attached hydrogen (secondary N) is 2. The lowest BCUT2D eigenvalue weighted by molar-refractivity contribution is -0.139. The molecule has 9 nitrogen and oxygen atoms in total. The molecule has 2 rings (SSSR count). The highest BCUT2D eigenvalue weighted by molar-refractivity contribution is 5.95. The maximum atomic E-state index is 12.5. The van der Waals surface area contributed by atoms with E-state index in [2.05, 4.69) is 15.8 Å². The van der Waals surface area contributed by atoms with Gasteiger partial charge in [-0.05, 0) is 20.3 Å². The van der Waals surface area contributed by atoms with Gasteiger partial charge in [0.1, 0.15) is 12.2 Å². The van der Waals surface area contributed by atoms with E-state index in [1.54, 1.807) is 13.8 Å². The summed E-state index contributed by atoms with van der Waals surface area (Å²) in [5, 5.41) is 9.01. The molecule has 1 atom stereocenters. The molecule has 0 saturated carbocycles. The van der Waals surface area contributed by atoms with Crippen molar-refractivity contribution >= 4 is 18.0 Å². The van der Waals surface area contributed by atoms with Crippen LogP contribution in [0, 0.1) is 6.92 Å². The highest BCUT2D eigenvalue weighted by atomic mass is 16.5. The Morgan fingerprint density at radius 2 is 1.93 bits per heavy atom. The molecule has 0 spiro atoms. The number of aromatic nitrogens is 1. The average molecular weight is 379 g/mol. The molecule has 0 radical (unpaired) electrons. The molecule has 0 unspecified atom stereocenters. The SMILES string of the molecule is CCOC(=O)C1=C(COC(=O)c2c(C)noc2C(C)C)NC(=O)N[C@@H]1CC. The van der Waals surface area contributed by atoms with Crippen LogP contribution in [0.15, 0.2) is 15.8 Å². The van der Waals surface area contributed by atoms with Crippen LogP contribution >= 0.6 is 0 Å². The van der Waals surface area contributed by atoms with Gasteiger partial charge in [0.2, 0.25) is 0 Å². The fourth-order valence-electron chi connectivity index (χ4n) is 2.82. The first kappa shape index (κ1) is 20.5. The van der Waals surface area contributed by atoms with Gasteiger partial charge in [-0.1, -0.05) is 25.9 Å². The molecule has 0 fully saturated rings. The lowest BCUT2D eigenvalue weighted by Crippen LogP contribution is -2.51. The van der Waals surface area contributed by atoms with Gasteiger partial charge in [0.25, 0.3) is 0 Å². The van der Waals surface area contributed by atoms with Crippen LogP contribution in [0.25, 0.3) is 0 Å². The second-order valence-corrected chi connectivity index (χ2v) is 6.41. The van der Waals surface area contributed by atoms with Crippen molar-refractivity contribution in [2.75, 3.05) is 13.2 Å². The van der Waals surface area contributed by atoms with Gasteiger partial charge < -0.3 is 24.6 Å². The van der Waals surface area contributed by atoms with Crippen LogP contribution in [-0.2, 0) is 14.3 Å². The van der Waals surface area contributed by atoms with Gasteiger partial charge in [0.05, 0.1) is 29.6 Å². The minimum absolute atomic E-state index is 0.0499. The van der Waals surface area contributed by atoms with Crippen molar-refractivity contribution < 1.29 is 28.4 Å². The summed E-state index contributed by atoms with van der Waals surface area (Å²) >= 11 is 0. The molecular weight excluding hydrogens is 354 g/mol. The molecule has 1 aromatic rings. The molecule has 2 heterocycles. The Hall–Kier alpha value is -2.84. The second-order valence-electron chi connectivity index (χ2n) is 6.41. The van der Waals surface area contributed by atoms with Gasteiger partial charge in [0, 0.05) is 5.92 Å². The number of ether oxygens (including phenoxy) is 2. The summed E-state index contributed by atoms with van der Waals surface area (Å²) in [6.07, 6.45) is 0.487. The number of carbonyl (C=O) groups excluding carboxylic acids is 3. The number of hydrogen-bond acceptors (Lipinski definition) is 7. The Labute approximate surface area is 157 Å². The molecule has 2 amide bonds. The van der Waals surface area contributed by atoms with Gasteiger partial charge in [-0.25, -0.2) is 14.4 Å². The van der Waals surface area contributed by atoms with E-state index in [0.717, 1.165) is 0 Å². The van der Waals surface area contributed by atoms with Gasteiger partial charge in [-0.15, -0.1) is 0 Å². The molecule has 1 aliphatic heterocycles. The van der Waals surface area contributed by atoms with Crippen molar-refractivity contribution in [1.29, 1.82) is 0 Å². The second kappa shape index (κ2) is 8.70. The van der Waals surface area contributed by atoms with E-state index in [1.165, 1.54) is 0 Å². The molecule has 0 saturated heterocycles. The topological polar surface area (TPSA) is 120 Å². The Bertz CT molecular complexity index is 765. The maximum absolute atomic E-state index is 12.5. The van der Waals surface area contributed by atoms with Gasteiger partial charge in [-0.3, -0.25) is 0 Å². The fourth-order valence-corrected chi connectivity index (χ4v) is 2.82. The van der Waals surface area contributed by atoms with Crippen molar-refractivity contribution in [2.45, 2.75) is 53.0 Å².